The second-order valence-electron chi connectivity index (χ2n) is 6.55. The maximum atomic E-state index is 12.5. The molecule has 1 aromatic rings. The monoisotopic (exact) mass is 404 g/mol. The molecule has 0 radical (unpaired) electrons. The van der Waals surface area contributed by atoms with Gasteiger partial charge in [0.05, 0.1) is 21.8 Å². The SMILES string of the molecule is CCOC(=O)C1(C)CCC(NS(=O)(=O)c2ccc(Cl)c([N+](=O)[O-])c2)CC1. The standard InChI is InChI=1S/C16H21ClN2O6S/c1-3-25-15(20)16(2)8-6-11(7-9-16)18-26(23,24)12-4-5-13(17)14(10-12)19(21)22/h4-5,10-11,18H,3,6-9H2,1-2H3. The number of nitrogens with zero attached hydrogens (tertiary/aromatic N) is 1. The number of hydrogen-bond acceptors (Lipinski definition) is 6. The van der Waals surface area contributed by atoms with Crippen LogP contribution in [0.3, 0.4) is 0 Å². The van der Waals surface area contributed by atoms with E-state index in [1.54, 1.807) is 6.92 Å². The molecule has 1 aromatic carbocycles. The van der Waals surface area contributed by atoms with E-state index in [0.717, 1.165) is 6.07 Å². The highest BCUT2D eigenvalue weighted by molar-refractivity contribution is 7.89. The fraction of sp³-hybridized carbons (Fsp3) is 0.562. The van der Waals surface area contributed by atoms with Gasteiger partial charge in [-0.25, -0.2) is 13.1 Å². The van der Waals surface area contributed by atoms with Crippen molar-refractivity contribution in [2.45, 2.75) is 50.5 Å². The molecule has 0 aliphatic heterocycles. The molecule has 1 fully saturated rings. The number of benzene rings is 1. The average molecular weight is 405 g/mol. The van der Waals surface area contributed by atoms with Gasteiger partial charge in [-0.1, -0.05) is 11.6 Å². The number of sulfonamides is 1. The Bertz CT molecular complexity index is 803. The van der Waals surface area contributed by atoms with Gasteiger partial charge in [-0.15, -0.1) is 0 Å². The predicted octanol–water partition coefficient (Wildman–Crippen LogP) is 3.04. The summed E-state index contributed by atoms with van der Waals surface area (Å²) in [6.07, 6.45) is 1.95. The molecule has 0 saturated heterocycles. The van der Waals surface area contributed by atoms with Crippen LogP contribution < -0.4 is 4.72 Å². The average Bonchev–Trinajstić information content (AvgIpc) is 2.57. The minimum atomic E-state index is -3.93. The minimum Gasteiger partial charge on any atom is -0.466 e. The number of carbonyl (C=O) groups excluding carboxylic acids is 1. The third kappa shape index (κ3) is 4.52. The van der Waals surface area contributed by atoms with Crippen molar-refractivity contribution in [2.75, 3.05) is 6.61 Å². The zero-order valence-corrected chi connectivity index (χ0v) is 16.1. The highest BCUT2D eigenvalue weighted by Crippen LogP contribution is 2.37. The zero-order valence-electron chi connectivity index (χ0n) is 14.5. The molecule has 2 rings (SSSR count). The van der Waals surface area contributed by atoms with Crippen molar-refractivity contribution in [1.82, 2.24) is 4.72 Å². The lowest BCUT2D eigenvalue weighted by Gasteiger charge is -2.35. The number of ether oxygens (including phenoxy) is 1. The maximum Gasteiger partial charge on any atom is 0.311 e. The summed E-state index contributed by atoms with van der Waals surface area (Å²) in [7, 11) is -3.93. The number of nitrogens with one attached hydrogen (secondary N) is 1. The smallest absolute Gasteiger partial charge is 0.311 e. The van der Waals surface area contributed by atoms with E-state index in [2.05, 4.69) is 4.72 Å². The highest BCUT2D eigenvalue weighted by Gasteiger charge is 2.39. The van der Waals surface area contributed by atoms with E-state index in [4.69, 9.17) is 16.3 Å². The number of halogens is 1. The zero-order chi connectivity index (χ0) is 19.5. The number of esters is 1. The Kier molecular flexibility index (Phi) is 6.25. The summed E-state index contributed by atoms with van der Waals surface area (Å²) in [6, 6.07) is 3.00. The van der Waals surface area contributed by atoms with Crippen molar-refractivity contribution < 1.29 is 22.9 Å². The van der Waals surface area contributed by atoms with Crippen LogP contribution in [0.1, 0.15) is 39.5 Å². The number of nitro groups is 1. The Morgan fingerprint density at radius 2 is 2.04 bits per heavy atom. The molecule has 26 heavy (non-hydrogen) atoms. The Morgan fingerprint density at radius 1 is 1.42 bits per heavy atom. The first-order valence-corrected chi connectivity index (χ1v) is 10.1. The van der Waals surface area contributed by atoms with E-state index in [1.165, 1.54) is 12.1 Å². The van der Waals surface area contributed by atoms with E-state index < -0.39 is 26.0 Å². The molecule has 0 bridgehead atoms. The fourth-order valence-electron chi connectivity index (χ4n) is 2.97. The van der Waals surface area contributed by atoms with Gasteiger partial charge in [-0.2, -0.15) is 0 Å². The fourth-order valence-corrected chi connectivity index (χ4v) is 4.48. The summed E-state index contributed by atoms with van der Waals surface area (Å²) in [4.78, 5) is 22.0. The molecule has 0 atom stereocenters. The van der Waals surface area contributed by atoms with Crippen LogP contribution in [0.2, 0.25) is 5.02 Å². The number of rotatable bonds is 6. The van der Waals surface area contributed by atoms with Crippen molar-refractivity contribution in [3.63, 3.8) is 0 Å². The van der Waals surface area contributed by atoms with Crippen LogP contribution in [0.25, 0.3) is 0 Å². The lowest BCUT2D eigenvalue weighted by Crippen LogP contribution is -2.42. The maximum absolute atomic E-state index is 12.5. The van der Waals surface area contributed by atoms with Gasteiger partial charge < -0.3 is 4.74 Å². The van der Waals surface area contributed by atoms with E-state index in [1.807, 2.05) is 6.92 Å². The first-order chi connectivity index (χ1) is 12.1. The molecule has 0 spiro atoms. The molecule has 0 unspecified atom stereocenters. The van der Waals surface area contributed by atoms with Crippen molar-refractivity contribution in [2.24, 2.45) is 5.41 Å². The normalized spacial score (nSPS) is 23.4. The second kappa shape index (κ2) is 7.89. The van der Waals surface area contributed by atoms with Gasteiger partial charge in [0, 0.05) is 12.1 Å². The van der Waals surface area contributed by atoms with E-state index >= 15 is 0 Å². The predicted molar refractivity (Wildman–Crippen MR) is 95.4 cm³/mol. The van der Waals surface area contributed by atoms with Crippen molar-refractivity contribution in [3.8, 4) is 0 Å². The van der Waals surface area contributed by atoms with Crippen molar-refractivity contribution in [3.05, 3.63) is 33.3 Å². The van der Waals surface area contributed by atoms with Gasteiger partial charge in [0.1, 0.15) is 5.02 Å². The topological polar surface area (TPSA) is 116 Å². The Labute approximate surface area is 157 Å². The second-order valence-corrected chi connectivity index (χ2v) is 8.67. The first-order valence-electron chi connectivity index (χ1n) is 8.22. The van der Waals surface area contributed by atoms with Gasteiger partial charge in [0.15, 0.2) is 0 Å². The van der Waals surface area contributed by atoms with Gasteiger partial charge in [-0.3, -0.25) is 14.9 Å². The van der Waals surface area contributed by atoms with Crippen LogP contribution in [0.4, 0.5) is 5.69 Å². The summed E-state index contributed by atoms with van der Waals surface area (Å²) >= 11 is 5.72. The van der Waals surface area contributed by atoms with E-state index in [-0.39, 0.29) is 21.9 Å². The number of carbonyl (C=O) groups is 1. The van der Waals surface area contributed by atoms with Gasteiger partial charge in [-0.05, 0) is 51.7 Å². The molecule has 1 aliphatic rings. The van der Waals surface area contributed by atoms with Crippen molar-refractivity contribution in [1.29, 1.82) is 0 Å². The Balaban J connectivity index is 2.09. The molecule has 0 amide bonds. The molecule has 1 saturated carbocycles. The number of hydrogen-bond donors (Lipinski definition) is 1. The number of nitro benzene ring substituents is 1. The Hall–Kier alpha value is -1.71. The quantitative estimate of drug-likeness (QED) is 0.442. The third-order valence-electron chi connectivity index (χ3n) is 4.60. The van der Waals surface area contributed by atoms with Gasteiger partial charge >= 0.3 is 5.97 Å². The molecule has 1 N–H and O–H groups in total. The lowest BCUT2D eigenvalue weighted by atomic mass is 9.74. The lowest BCUT2D eigenvalue weighted by molar-refractivity contribution is -0.384. The van der Waals surface area contributed by atoms with Crippen LogP contribution in [-0.4, -0.2) is 32.0 Å². The molecule has 1 aliphatic carbocycles. The van der Waals surface area contributed by atoms with E-state index in [0.29, 0.717) is 32.3 Å². The van der Waals surface area contributed by atoms with Gasteiger partial charge in [0.25, 0.3) is 5.69 Å². The van der Waals surface area contributed by atoms with Crippen LogP contribution in [0.5, 0.6) is 0 Å². The largest absolute Gasteiger partial charge is 0.466 e. The van der Waals surface area contributed by atoms with Crippen LogP contribution in [-0.2, 0) is 19.6 Å². The highest BCUT2D eigenvalue weighted by atomic mass is 35.5. The molecule has 144 valence electrons. The third-order valence-corrected chi connectivity index (χ3v) is 6.44. The van der Waals surface area contributed by atoms with E-state index in [9.17, 15) is 23.3 Å². The first kappa shape index (κ1) is 20.6. The van der Waals surface area contributed by atoms with Crippen LogP contribution in [0, 0.1) is 15.5 Å². The summed E-state index contributed by atoms with van der Waals surface area (Å²) in [6.45, 7) is 3.87. The molecule has 10 heteroatoms. The summed E-state index contributed by atoms with van der Waals surface area (Å²) in [5.74, 6) is -0.269. The summed E-state index contributed by atoms with van der Waals surface area (Å²) < 4.78 is 32.7. The van der Waals surface area contributed by atoms with Crippen LogP contribution in [0.15, 0.2) is 23.1 Å². The van der Waals surface area contributed by atoms with Gasteiger partial charge in [0.2, 0.25) is 10.0 Å². The molecular weight excluding hydrogens is 384 g/mol. The molecule has 8 nitrogen and oxygen atoms in total. The molecule has 0 aromatic heterocycles. The summed E-state index contributed by atoms with van der Waals surface area (Å²) in [5.41, 5.74) is -1.08. The molecule has 0 heterocycles. The van der Waals surface area contributed by atoms with Crippen molar-refractivity contribution >= 4 is 33.3 Å². The van der Waals surface area contributed by atoms with Crippen LogP contribution >= 0.6 is 11.6 Å². The molecular formula is C16H21ClN2O6S. The minimum absolute atomic E-state index is 0.128. The summed E-state index contributed by atoms with van der Waals surface area (Å²) in [5, 5.41) is 10.8. The Morgan fingerprint density at radius 3 is 2.58 bits per heavy atom.